The summed E-state index contributed by atoms with van der Waals surface area (Å²) in [4.78, 5) is 4.52. The molecule has 1 aromatic heterocycles. The lowest BCUT2D eigenvalue weighted by atomic mass is 10.1. The molecule has 4 heteroatoms. The normalized spacial score (nSPS) is 10.7. The molecule has 2 N–H and O–H groups in total. The van der Waals surface area contributed by atoms with E-state index < -0.39 is 0 Å². The minimum atomic E-state index is -0.207. The Morgan fingerprint density at radius 1 is 1.15 bits per heavy atom. The summed E-state index contributed by atoms with van der Waals surface area (Å²) in [7, 11) is 0. The van der Waals surface area contributed by atoms with Crippen molar-refractivity contribution in [2.24, 2.45) is 0 Å². The molecule has 3 aromatic rings. The quantitative estimate of drug-likeness (QED) is 0.703. The predicted molar refractivity (Wildman–Crippen MR) is 82.1 cm³/mol. The van der Waals surface area contributed by atoms with E-state index >= 15 is 0 Å². The van der Waals surface area contributed by atoms with Crippen molar-refractivity contribution in [3.05, 3.63) is 59.2 Å². The molecule has 0 aliphatic rings. The summed E-state index contributed by atoms with van der Waals surface area (Å²) in [5.74, 6) is -0.207. The van der Waals surface area contributed by atoms with Crippen LogP contribution in [0, 0.1) is 12.7 Å². The summed E-state index contributed by atoms with van der Waals surface area (Å²) in [6, 6.07) is 12.9. The maximum Gasteiger partial charge on any atom is 0.136 e. The zero-order chi connectivity index (χ0) is 14.1. The summed E-state index contributed by atoms with van der Waals surface area (Å²) in [5.41, 5.74) is 9.40. The number of benzene rings is 2. The van der Waals surface area contributed by atoms with Crippen LogP contribution in [0.3, 0.4) is 0 Å². The van der Waals surface area contributed by atoms with Gasteiger partial charge in [-0.25, -0.2) is 9.37 Å². The molecule has 1 heterocycles. The average Bonchev–Trinajstić information content (AvgIpc) is 2.91. The van der Waals surface area contributed by atoms with Crippen LogP contribution in [0.1, 0.15) is 5.56 Å². The number of nitrogen functional groups attached to an aromatic ring is 1. The molecule has 0 unspecified atom stereocenters. The Kier molecular flexibility index (Phi) is 3.24. The van der Waals surface area contributed by atoms with Gasteiger partial charge in [-0.2, -0.15) is 0 Å². The van der Waals surface area contributed by atoms with Gasteiger partial charge in [0.1, 0.15) is 10.8 Å². The molecule has 2 nitrogen and oxygen atoms in total. The Bertz CT molecular complexity index is 765. The third-order valence-electron chi connectivity index (χ3n) is 3.11. The molecule has 0 amide bonds. The molecule has 0 spiro atoms. The number of aryl methyl sites for hydroxylation is 1. The minimum Gasteiger partial charge on any atom is -0.399 e. The van der Waals surface area contributed by atoms with E-state index in [0.29, 0.717) is 21.8 Å². The first-order valence-electron chi connectivity index (χ1n) is 6.22. The second-order valence-electron chi connectivity index (χ2n) is 4.60. The number of nitrogens with two attached hydrogens (primary N) is 1. The number of thiazole rings is 1. The van der Waals surface area contributed by atoms with Crippen molar-refractivity contribution in [1.82, 2.24) is 4.98 Å². The summed E-state index contributed by atoms with van der Waals surface area (Å²) < 4.78 is 14.1. The Labute approximate surface area is 120 Å². The van der Waals surface area contributed by atoms with Crippen LogP contribution in [0.4, 0.5) is 10.1 Å². The van der Waals surface area contributed by atoms with Crippen molar-refractivity contribution in [3.63, 3.8) is 0 Å². The molecule has 0 saturated heterocycles. The zero-order valence-corrected chi connectivity index (χ0v) is 11.7. The van der Waals surface area contributed by atoms with Crippen LogP contribution in [0.2, 0.25) is 0 Å². The van der Waals surface area contributed by atoms with Crippen molar-refractivity contribution in [2.45, 2.75) is 6.92 Å². The summed E-state index contributed by atoms with van der Waals surface area (Å²) in [6.07, 6.45) is 0. The number of nitrogens with zero attached hydrogens (tertiary/aromatic N) is 1. The first-order chi connectivity index (χ1) is 9.65. The number of hydrogen-bond acceptors (Lipinski definition) is 3. The van der Waals surface area contributed by atoms with Crippen LogP contribution in [-0.4, -0.2) is 4.98 Å². The molecule has 0 fully saturated rings. The molecule has 3 rings (SSSR count). The molecule has 20 heavy (non-hydrogen) atoms. The Morgan fingerprint density at radius 3 is 2.75 bits per heavy atom. The van der Waals surface area contributed by atoms with Crippen molar-refractivity contribution >= 4 is 17.0 Å². The second-order valence-corrected chi connectivity index (χ2v) is 5.46. The van der Waals surface area contributed by atoms with E-state index in [-0.39, 0.29) is 5.82 Å². The highest BCUT2D eigenvalue weighted by Gasteiger charge is 2.12. The van der Waals surface area contributed by atoms with Gasteiger partial charge in [-0.05, 0) is 30.7 Å². The van der Waals surface area contributed by atoms with Crippen molar-refractivity contribution < 1.29 is 4.39 Å². The number of halogens is 1. The highest BCUT2D eigenvalue weighted by Crippen LogP contribution is 2.31. The second kappa shape index (κ2) is 5.06. The molecule has 0 atom stereocenters. The topological polar surface area (TPSA) is 38.9 Å². The van der Waals surface area contributed by atoms with Crippen LogP contribution in [0.5, 0.6) is 0 Å². The van der Waals surface area contributed by atoms with Crippen LogP contribution < -0.4 is 5.73 Å². The van der Waals surface area contributed by atoms with Crippen LogP contribution >= 0.6 is 11.3 Å². The first kappa shape index (κ1) is 12.8. The van der Waals surface area contributed by atoms with Crippen molar-refractivity contribution in [1.29, 1.82) is 0 Å². The van der Waals surface area contributed by atoms with E-state index in [9.17, 15) is 4.39 Å². The lowest BCUT2D eigenvalue weighted by molar-refractivity contribution is 0.622. The lowest BCUT2D eigenvalue weighted by Gasteiger charge is -2.02. The van der Waals surface area contributed by atoms with Gasteiger partial charge in [0.05, 0.1) is 5.69 Å². The average molecular weight is 284 g/mol. The number of anilines is 1. The fourth-order valence-corrected chi connectivity index (χ4v) is 2.89. The summed E-state index contributed by atoms with van der Waals surface area (Å²) in [5, 5.41) is 2.61. The smallest absolute Gasteiger partial charge is 0.136 e. The van der Waals surface area contributed by atoms with Crippen LogP contribution in [0.25, 0.3) is 21.8 Å². The minimum absolute atomic E-state index is 0.207. The number of hydrogen-bond donors (Lipinski definition) is 1. The van der Waals surface area contributed by atoms with Gasteiger partial charge in [-0.1, -0.05) is 24.3 Å². The zero-order valence-electron chi connectivity index (χ0n) is 10.9. The number of aromatic nitrogens is 1. The predicted octanol–water partition coefficient (Wildman–Crippen LogP) is 4.51. The standard InChI is InChI=1S/C16H13FN2S/c1-10-4-2-7-13(15(10)17)16-19-14(9-20-16)11-5-3-6-12(18)8-11/h2-9H,18H2,1H3. The first-order valence-corrected chi connectivity index (χ1v) is 7.10. The van der Waals surface area contributed by atoms with Gasteiger partial charge in [0.2, 0.25) is 0 Å². The van der Waals surface area contributed by atoms with E-state index in [1.54, 1.807) is 19.1 Å². The van der Waals surface area contributed by atoms with Crippen molar-refractivity contribution in [2.75, 3.05) is 5.73 Å². The van der Waals surface area contributed by atoms with Crippen LogP contribution in [0.15, 0.2) is 47.8 Å². The van der Waals surface area contributed by atoms with Gasteiger partial charge in [0.15, 0.2) is 0 Å². The Balaban J connectivity index is 2.04. The van der Waals surface area contributed by atoms with Gasteiger partial charge in [-0.3, -0.25) is 0 Å². The molecule has 0 radical (unpaired) electrons. The Morgan fingerprint density at radius 2 is 1.95 bits per heavy atom. The lowest BCUT2D eigenvalue weighted by Crippen LogP contribution is -1.88. The van der Waals surface area contributed by atoms with E-state index in [1.165, 1.54) is 11.3 Å². The van der Waals surface area contributed by atoms with Gasteiger partial charge in [0, 0.05) is 22.2 Å². The van der Waals surface area contributed by atoms with Gasteiger partial charge in [0.25, 0.3) is 0 Å². The summed E-state index contributed by atoms with van der Waals surface area (Å²) in [6.45, 7) is 1.76. The number of rotatable bonds is 2. The molecule has 0 aliphatic heterocycles. The van der Waals surface area contributed by atoms with Crippen molar-refractivity contribution in [3.8, 4) is 21.8 Å². The molecule has 0 aliphatic carbocycles. The van der Waals surface area contributed by atoms with Gasteiger partial charge in [-0.15, -0.1) is 11.3 Å². The molecule has 2 aromatic carbocycles. The maximum atomic E-state index is 14.1. The maximum absolute atomic E-state index is 14.1. The molecule has 0 bridgehead atoms. The van der Waals surface area contributed by atoms with E-state index in [0.717, 1.165) is 11.3 Å². The third kappa shape index (κ3) is 2.30. The summed E-state index contributed by atoms with van der Waals surface area (Å²) >= 11 is 1.43. The molecular formula is C16H13FN2S. The van der Waals surface area contributed by atoms with Gasteiger partial charge < -0.3 is 5.73 Å². The van der Waals surface area contributed by atoms with E-state index in [1.807, 2.05) is 35.7 Å². The molecule has 100 valence electrons. The SMILES string of the molecule is Cc1cccc(-c2nc(-c3cccc(N)c3)cs2)c1F. The van der Waals surface area contributed by atoms with E-state index in [4.69, 9.17) is 5.73 Å². The Hall–Kier alpha value is -2.20. The van der Waals surface area contributed by atoms with Crippen LogP contribution in [-0.2, 0) is 0 Å². The fraction of sp³-hybridized carbons (Fsp3) is 0.0625. The van der Waals surface area contributed by atoms with Gasteiger partial charge >= 0.3 is 0 Å². The van der Waals surface area contributed by atoms with E-state index in [2.05, 4.69) is 4.98 Å². The highest BCUT2D eigenvalue weighted by atomic mass is 32.1. The third-order valence-corrected chi connectivity index (χ3v) is 3.98. The highest BCUT2D eigenvalue weighted by molar-refractivity contribution is 7.13. The largest absolute Gasteiger partial charge is 0.399 e. The fourth-order valence-electron chi connectivity index (χ4n) is 2.04. The molecular weight excluding hydrogens is 271 g/mol. The molecule has 0 saturated carbocycles. The monoisotopic (exact) mass is 284 g/mol.